The van der Waals surface area contributed by atoms with Crippen LogP contribution in [0, 0.1) is 13.8 Å². The average molecular weight is 464 g/mol. The highest BCUT2D eigenvalue weighted by Crippen LogP contribution is 2.46. The van der Waals surface area contributed by atoms with Crippen LogP contribution < -0.4 is 0 Å². The first kappa shape index (κ1) is 22.3. The van der Waals surface area contributed by atoms with Crippen LogP contribution in [0.2, 0.25) is 0 Å². The molecule has 6 nitrogen and oxygen atoms in total. The molecule has 0 saturated carbocycles. The van der Waals surface area contributed by atoms with Crippen LogP contribution >= 0.6 is 11.3 Å². The number of aromatic nitrogens is 4. The lowest BCUT2D eigenvalue weighted by Gasteiger charge is -2.35. The first-order chi connectivity index (χ1) is 15.8. The van der Waals surface area contributed by atoms with E-state index in [0.29, 0.717) is 11.8 Å². The lowest BCUT2D eigenvalue weighted by atomic mass is 9.90. The summed E-state index contributed by atoms with van der Waals surface area (Å²) in [5, 5.41) is 5.77. The number of aromatic amines is 1. The summed E-state index contributed by atoms with van der Waals surface area (Å²) in [4.78, 5) is 25.1. The highest BCUT2D eigenvalue weighted by Gasteiger charge is 2.30. The minimum Gasteiger partial charge on any atom is -0.346 e. The van der Waals surface area contributed by atoms with Crippen molar-refractivity contribution in [2.45, 2.75) is 72.3 Å². The van der Waals surface area contributed by atoms with Crippen LogP contribution in [-0.4, -0.2) is 49.4 Å². The highest BCUT2D eigenvalue weighted by molar-refractivity contribution is 7.19. The van der Waals surface area contributed by atoms with Gasteiger partial charge in [-0.05, 0) is 88.2 Å². The Balaban J connectivity index is 1.52. The van der Waals surface area contributed by atoms with Gasteiger partial charge in [0, 0.05) is 22.0 Å². The maximum atomic E-state index is 11.8. The number of fused-ring (bicyclic) bond motifs is 2. The number of piperidine rings is 1. The SMILES string of the molecule is CC(=O)C(C)N1CCC(c2sc3[nH]c(-c4cc(C)c5ncnn5c4)c(C(C)C)c3c2C)CC1. The molecule has 0 aromatic carbocycles. The van der Waals surface area contributed by atoms with Crippen molar-refractivity contribution in [3.8, 4) is 11.3 Å². The number of nitrogens with one attached hydrogen (secondary N) is 1. The number of Topliss-reactive ketones (excluding diaryl/α,β-unsaturated/α-hetero) is 1. The molecule has 0 aliphatic carbocycles. The molecular formula is C26H33N5OS. The third-order valence-corrected chi connectivity index (χ3v) is 8.79. The van der Waals surface area contributed by atoms with E-state index in [0.717, 1.165) is 42.7 Å². The number of carbonyl (C=O) groups is 1. The predicted octanol–water partition coefficient (Wildman–Crippen LogP) is 5.84. The van der Waals surface area contributed by atoms with E-state index in [9.17, 15) is 4.79 Å². The van der Waals surface area contributed by atoms with Crippen LogP contribution in [0.1, 0.15) is 73.9 Å². The largest absolute Gasteiger partial charge is 0.346 e. The third-order valence-electron chi connectivity index (χ3n) is 7.42. The molecule has 0 spiro atoms. The second kappa shape index (κ2) is 8.37. The highest BCUT2D eigenvalue weighted by atomic mass is 32.1. The molecule has 4 aromatic heterocycles. The normalized spacial score (nSPS) is 16.9. The van der Waals surface area contributed by atoms with Crippen molar-refractivity contribution in [1.29, 1.82) is 0 Å². The van der Waals surface area contributed by atoms with Gasteiger partial charge in [0.2, 0.25) is 0 Å². The van der Waals surface area contributed by atoms with Gasteiger partial charge in [0.05, 0.1) is 11.7 Å². The summed E-state index contributed by atoms with van der Waals surface area (Å²) in [6.07, 6.45) is 5.93. The molecule has 0 bridgehead atoms. The van der Waals surface area contributed by atoms with Gasteiger partial charge in [-0.2, -0.15) is 5.10 Å². The zero-order chi connectivity index (χ0) is 23.4. The summed E-state index contributed by atoms with van der Waals surface area (Å²) in [6.45, 7) is 14.7. The molecule has 4 aromatic rings. The predicted molar refractivity (Wildman–Crippen MR) is 135 cm³/mol. The van der Waals surface area contributed by atoms with Crippen LogP contribution in [0.5, 0.6) is 0 Å². The Morgan fingerprint density at radius 3 is 2.61 bits per heavy atom. The first-order valence-electron chi connectivity index (χ1n) is 12.0. The smallest absolute Gasteiger partial charge is 0.158 e. The van der Waals surface area contributed by atoms with Gasteiger partial charge in [-0.3, -0.25) is 9.69 Å². The fourth-order valence-electron chi connectivity index (χ4n) is 5.48. The molecule has 1 fully saturated rings. The summed E-state index contributed by atoms with van der Waals surface area (Å²) < 4.78 is 1.87. The van der Waals surface area contributed by atoms with E-state index >= 15 is 0 Å². The average Bonchev–Trinajstić information content (AvgIpc) is 3.48. The van der Waals surface area contributed by atoms with Gasteiger partial charge in [-0.15, -0.1) is 11.3 Å². The van der Waals surface area contributed by atoms with Crippen molar-refractivity contribution in [3.63, 3.8) is 0 Å². The fraction of sp³-hybridized carbons (Fsp3) is 0.500. The maximum Gasteiger partial charge on any atom is 0.158 e. The minimum atomic E-state index is 0.0332. The molecule has 7 heteroatoms. The summed E-state index contributed by atoms with van der Waals surface area (Å²) in [6, 6.07) is 2.25. The maximum absolute atomic E-state index is 11.8. The van der Waals surface area contributed by atoms with Gasteiger partial charge in [0.1, 0.15) is 16.9 Å². The zero-order valence-electron chi connectivity index (χ0n) is 20.4. The Bertz CT molecular complexity index is 1340. The molecule has 0 radical (unpaired) electrons. The number of carbonyl (C=O) groups excluding carboxylic acids is 1. The van der Waals surface area contributed by atoms with Crippen molar-refractivity contribution >= 4 is 33.0 Å². The molecule has 1 atom stereocenters. The summed E-state index contributed by atoms with van der Waals surface area (Å²) in [5.41, 5.74) is 7.21. The summed E-state index contributed by atoms with van der Waals surface area (Å²) in [7, 11) is 0. The lowest BCUT2D eigenvalue weighted by Crippen LogP contribution is -2.42. The lowest BCUT2D eigenvalue weighted by molar-refractivity contribution is -0.122. The quantitative estimate of drug-likeness (QED) is 0.404. The van der Waals surface area contributed by atoms with Crippen LogP contribution in [0.15, 0.2) is 18.6 Å². The van der Waals surface area contributed by atoms with Crippen molar-refractivity contribution in [2.24, 2.45) is 0 Å². The van der Waals surface area contributed by atoms with Crippen LogP contribution in [-0.2, 0) is 4.79 Å². The fourth-order valence-corrected chi connectivity index (χ4v) is 6.88. The number of nitrogens with zero attached hydrogens (tertiary/aromatic N) is 4. The Morgan fingerprint density at radius 2 is 1.94 bits per heavy atom. The van der Waals surface area contributed by atoms with E-state index < -0.39 is 0 Å². The number of rotatable bonds is 5. The second-order valence-corrected chi connectivity index (χ2v) is 11.0. The molecular weight excluding hydrogens is 430 g/mol. The molecule has 1 aliphatic rings. The molecule has 174 valence electrons. The van der Waals surface area contributed by atoms with E-state index in [1.165, 1.54) is 31.9 Å². The monoisotopic (exact) mass is 463 g/mol. The summed E-state index contributed by atoms with van der Waals surface area (Å²) in [5.74, 6) is 1.24. The van der Waals surface area contributed by atoms with Crippen LogP contribution in [0.25, 0.3) is 27.1 Å². The van der Waals surface area contributed by atoms with Gasteiger partial charge in [-0.1, -0.05) is 13.8 Å². The number of hydrogen-bond acceptors (Lipinski definition) is 5. The van der Waals surface area contributed by atoms with Crippen molar-refractivity contribution < 1.29 is 4.79 Å². The Hall–Kier alpha value is -2.51. The van der Waals surface area contributed by atoms with Crippen molar-refractivity contribution in [3.05, 3.63) is 40.2 Å². The molecule has 5 heterocycles. The van der Waals surface area contributed by atoms with Gasteiger partial charge < -0.3 is 4.98 Å². The van der Waals surface area contributed by atoms with Gasteiger partial charge in [0.15, 0.2) is 5.65 Å². The molecule has 5 rings (SSSR count). The van der Waals surface area contributed by atoms with Gasteiger partial charge in [-0.25, -0.2) is 9.50 Å². The molecule has 33 heavy (non-hydrogen) atoms. The van der Waals surface area contributed by atoms with Crippen LogP contribution in [0.4, 0.5) is 0 Å². The molecule has 1 unspecified atom stereocenters. The van der Waals surface area contributed by atoms with Gasteiger partial charge in [0.25, 0.3) is 0 Å². The van der Waals surface area contributed by atoms with Gasteiger partial charge >= 0.3 is 0 Å². The molecule has 0 amide bonds. The van der Waals surface area contributed by atoms with Crippen LogP contribution in [0.3, 0.4) is 0 Å². The number of hydrogen-bond donors (Lipinski definition) is 1. The number of thiophene rings is 1. The number of H-pyrrole nitrogens is 1. The van der Waals surface area contributed by atoms with Crippen molar-refractivity contribution in [2.75, 3.05) is 13.1 Å². The Labute approximate surface area is 199 Å². The van der Waals surface area contributed by atoms with Crippen molar-refractivity contribution in [1.82, 2.24) is 24.5 Å². The zero-order valence-corrected chi connectivity index (χ0v) is 21.2. The van der Waals surface area contributed by atoms with E-state index in [1.807, 2.05) is 22.8 Å². The number of aryl methyl sites for hydroxylation is 2. The topological polar surface area (TPSA) is 66.3 Å². The standard InChI is InChI=1S/C26H33N5OS/c1-14(2)21-22-16(4)24(19-7-9-30(10-8-19)17(5)18(6)32)33-26(22)29-23(21)20-11-15(3)25-27-13-28-31(25)12-20/h11-14,17,19,29H,7-10H2,1-6H3. The van der Waals surface area contributed by atoms with E-state index in [4.69, 9.17) is 0 Å². The minimum absolute atomic E-state index is 0.0332. The van der Waals surface area contributed by atoms with E-state index in [2.05, 4.69) is 59.9 Å². The summed E-state index contributed by atoms with van der Waals surface area (Å²) >= 11 is 1.93. The first-order valence-corrected chi connectivity index (χ1v) is 12.8. The molecule has 1 saturated heterocycles. The van der Waals surface area contributed by atoms with E-state index in [1.54, 1.807) is 13.3 Å². The Kier molecular flexibility index (Phi) is 5.65. The third kappa shape index (κ3) is 3.71. The molecule has 1 N–H and O–H groups in total. The Morgan fingerprint density at radius 1 is 1.21 bits per heavy atom. The number of likely N-dealkylation sites (tertiary alicyclic amines) is 1. The number of pyridine rings is 1. The van der Waals surface area contributed by atoms with E-state index in [-0.39, 0.29) is 11.8 Å². The molecule has 1 aliphatic heterocycles. The second-order valence-electron chi connectivity index (χ2n) is 9.90. The number of ketones is 1.